The van der Waals surface area contributed by atoms with Crippen LogP contribution < -0.4 is 4.74 Å². The van der Waals surface area contributed by atoms with Gasteiger partial charge in [-0.1, -0.05) is 0 Å². The fraction of sp³-hybridized carbons (Fsp3) is 0.529. The summed E-state index contributed by atoms with van der Waals surface area (Å²) in [7, 11) is 1.85. The van der Waals surface area contributed by atoms with Crippen LogP contribution in [0.4, 0.5) is 0 Å². The second kappa shape index (κ2) is 6.22. The van der Waals surface area contributed by atoms with Crippen molar-refractivity contribution in [1.29, 1.82) is 0 Å². The van der Waals surface area contributed by atoms with Gasteiger partial charge in [-0.15, -0.1) is 0 Å². The number of likely N-dealkylation sites (tertiary alicyclic amines) is 1. The van der Waals surface area contributed by atoms with Crippen LogP contribution in [-0.2, 0) is 7.05 Å². The Labute approximate surface area is 141 Å². The van der Waals surface area contributed by atoms with Crippen LogP contribution in [-0.4, -0.2) is 49.7 Å². The molecule has 0 aromatic carbocycles. The molecule has 1 atom stereocenters. The Morgan fingerprint density at radius 1 is 1.21 bits per heavy atom. The number of hydrogen-bond donors (Lipinski definition) is 0. The number of nitrogens with zero attached hydrogens (tertiary/aromatic N) is 5. The molecule has 128 valence electrons. The van der Waals surface area contributed by atoms with E-state index in [1.807, 2.05) is 45.7 Å². The monoisotopic (exact) mass is 329 g/mol. The molecule has 2 aromatic rings. The highest BCUT2D eigenvalue weighted by atomic mass is 16.5. The molecule has 1 fully saturated rings. The van der Waals surface area contributed by atoms with E-state index >= 15 is 0 Å². The highest BCUT2D eigenvalue weighted by Gasteiger charge is 2.31. The standard InChI is InChI=1S/C17H23N5O2/c1-10-8-11(2)19-17(18-10)24-14-6-7-22(9-14)16(23)15-12(3)20-21(5)13(15)4/h8,14H,6-7,9H2,1-5H3/t14-/m1/s1. The lowest BCUT2D eigenvalue weighted by molar-refractivity contribution is 0.0768. The Hall–Kier alpha value is -2.44. The number of aryl methyl sites for hydroxylation is 4. The zero-order chi connectivity index (χ0) is 17.4. The van der Waals surface area contributed by atoms with Gasteiger partial charge in [0.15, 0.2) is 0 Å². The minimum Gasteiger partial charge on any atom is -0.458 e. The largest absolute Gasteiger partial charge is 0.458 e. The molecule has 0 saturated carbocycles. The van der Waals surface area contributed by atoms with Crippen LogP contribution in [0.15, 0.2) is 6.07 Å². The number of carbonyl (C=O) groups excluding carboxylic acids is 1. The zero-order valence-corrected chi connectivity index (χ0v) is 14.8. The SMILES string of the molecule is Cc1cc(C)nc(O[C@@H]2CCN(C(=O)c3c(C)nn(C)c3C)C2)n1. The normalized spacial score (nSPS) is 17.4. The lowest BCUT2D eigenvalue weighted by Gasteiger charge is -2.17. The molecule has 3 rings (SSSR count). The predicted octanol–water partition coefficient (Wildman–Crippen LogP) is 1.74. The summed E-state index contributed by atoms with van der Waals surface area (Å²) in [5.41, 5.74) is 4.11. The summed E-state index contributed by atoms with van der Waals surface area (Å²) >= 11 is 0. The Bertz CT molecular complexity index is 763. The van der Waals surface area contributed by atoms with E-state index in [0.29, 0.717) is 24.7 Å². The maximum atomic E-state index is 12.8. The Morgan fingerprint density at radius 3 is 2.46 bits per heavy atom. The Kier molecular flexibility index (Phi) is 4.26. The van der Waals surface area contributed by atoms with Gasteiger partial charge in [-0.05, 0) is 33.8 Å². The molecule has 1 saturated heterocycles. The molecule has 1 aliphatic heterocycles. The van der Waals surface area contributed by atoms with E-state index in [1.165, 1.54) is 0 Å². The van der Waals surface area contributed by atoms with Crippen LogP contribution >= 0.6 is 0 Å². The highest BCUT2D eigenvalue weighted by molar-refractivity contribution is 5.96. The lowest BCUT2D eigenvalue weighted by atomic mass is 10.2. The van der Waals surface area contributed by atoms with E-state index in [2.05, 4.69) is 15.1 Å². The fourth-order valence-corrected chi connectivity index (χ4v) is 3.15. The van der Waals surface area contributed by atoms with E-state index in [0.717, 1.165) is 29.2 Å². The molecule has 2 aromatic heterocycles. The van der Waals surface area contributed by atoms with Gasteiger partial charge in [0, 0.05) is 37.1 Å². The van der Waals surface area contributed by atoms with Crippen molar-refractivity contribution < 1.29 is 9.53 Å². The third-order valence-electron chi connectivity index (χ3n) is 4.39. The number of carbonyl (C=O) groups is 1. The summed E-state index contributed by atoms with van der Waals surface area (Å²) in [6.45, 7) is 8.83. The summed E-state index contributed by atoms with van der Waals surface area (Å²) < 4.78 is 7.63. The minimum absolute atomic E-state index is 0.0190. The van der Waals surface area contributed by atoms with Gasteiger partial charge in [-0.25, -0.2) is 9.97 Å². The van der Waals surface area contributed by atoms with Crippen LogP contribution in [0.3, 0.4) is 0 Å². The van der Waals surface area contributed by atoms with Gasteiger partial charge in [0.25, 0.3) is 5.91 Å². The zero-order valence-electron chi connectivity index (χ0n) is 14.8. The molecule has 3 heterocycles. The van der Waals surface area contributed by atoms with Crippen molar-refractivity contribution in [2.45, 2.75) is 40.2 Å². The van der Waals surface area contributed by atoms with Crippen molar-refractivity contribution >= 4 is 5.91 Å². The summed E-state index contributed by atoms with van der Waals surface area (Å²) in [5.74, 6) is 0.0190. The fourth-order valence-electron chi connectivity index (χ4n) is 3.15. The molecule has 0 aliphatic carbocycles. The molecule has 7 nitrogen and oxygen atoms in total. The molecule has 0 N–H and O–H groups in total. The third-order valence-corrected chi connectivity index (χ3v) is 4.39. The summed E-state index contributed by atoms with van der Waals surface area (Å²) in [4.78, 5) is 23.2. The summed E-state index contributed by atoms with van der Waals surface area (Å²) in [5, 5.41) is 4.33. The Balaban J connectivity index is 1.70. The molecule has 0 bridgehead atoms. The number of rotatable bonds is 3. The van der Waals surface area contributed by atoms with Crippen molar-refractivity contribution in [3.05, 3.63) is 34.4 Å². The van der Waals surface area contributed by atoms with Crippen LogP contribution in [0.25, 0.3) is 0 Å². The van der Waals surface area contributed by atoms with Gasteiger partial charge < -0.3 is 9.64 Å². The highest BCUT2D eigenvalue weighted by Crippen LogP contribution is 2.21. The quantitative estimate of drug-likeness (QED) is 0.857. The first-order valence-corrected chi connectivity index (χ1v) is 8.13. The predicted molar refractivity (Wildman–Crippen MR) is 89.1 cm³/mol. The maximum absolute atomic E-state index is 12.8. The first-order chi connectivity index (χ1) is 11.3. The first-order valence-electron chi connectivity index (χ1n) is 8.13. The van der Waals surface area contributed by atoms with Crippen molar-refractivity contribution in [3.63, 3.8) is 0 Å². The average Bonchev–Trinajstić information content (AvgIpc) is 3.03. The van der Waals surface area contributed by atoms with Crippen molar-refractivity contribution in [3.8, 4) is 6.01 Å². The second-order valence-corrected chi connectivity index (χ2v) is 6.38. The molecular weight excluding hydrogens is 306 g/mol. The van der Waals surface area contributed by atoms with Crippen molar-refractivity contribution in [2.75, 3.05) is 13.1 Å². The molecule has 0 spiro atoms. The van der Waals surface area contributed by atoms with Crippen LogP contribution in [0, 0.1) is 27.7 Å². The molecule has 7 heteroatoms. The molecule has 1 aliphatic rings. The van der Waals surface area contributed by atoms with Crippen molar-refractivity contribution in [1.82, 2.24) is 24.6 Å². The van der Waals surface area contributed by atoms with Gasteiger partial charge in [-0.3, -0.25) is 9.48 Å². The number of amides is 1. The van der Waals surface area contributed by atoms with Crippen LogP contribution in [0.1, 0.15) is 39.6 Å². The number of aromatic nitrogens is 4. The molecule has 0 unspecified atom stereocenters. The minimum atomic E-state index is -0.0765. The van der Waals surface area contributed by atoms with Gasteiger partial charge in [0.1, 0.15) is 6.10 Å². The molecule has 24 heavy (non-hydrogen) atoms. The molecule has 0 radical (unpaired) electrons. The van der Waals surface area contributed by atoms with E-state index in [1.54, 1.807) is 4.68 Å². The number of ether oxygens (including phenoxy) is 1. The summed E-state index contributed by atoms with van der Waals surface area (Å²) in [6.07, 6.45) is 0.702. The topological polar surface area (TPSA) is 73.1 Å². The van der Waals surface area contributed by atoms with Crippen molar-refractivity contribution in [2.24, 2.45) is 7.05 Å². The van der Waals surface area contributed by atoms with Gasteiger partial charge in [0.2, 0.25) is 0 Å². The van der Waals surface area contributed by atoms with Gasteiger partial charge in [-0.2, -0.15) is 5.10 Å². The van der Waals surface area contributed by atoms with Crippen LogP contribution in [0.2, 0.25) is 0 Å². The first kappa shape index (κ1) is 16.4. The van der Waals surface area contributed by atoms with Gasteiger partial charge >= 0.3 is 6.01 Å². The molecular formula is C17H23N5O2. The second-order valence-electron chi connectivity index (χ2n) is 6.38. The Morgan fingerprint density at radius 2 is 1.88 bits per heavy atom. The molecule has 1 amide bonds. The van der Waals surface area contributed by atoms with Crippen LogP contribution in [0.5, 0.6) is 6.01 Å². The smallest absolute Gasteiger partial charge is 0.317 e. The summed E-state index contributed by atoms with van der Waals surface area (Å²) in [6, 6.07) is 2.30. The number of hydrogen-bond acceptors (Lipinski definition) is 5. The van der Waals surface area contributed by atoms with E-state index in [4.69, 9.17) is 4.74 Å². The third kappa shape index (κ3) is 3.11. The average molecular weight is 329 g/mol. The van der Waals surface area contributed by atoms with E-state index in [-0.39, 0.29) is 12.0 Å². The van der Waals surface area contributed by atoms with Gasteiger partial charge in [0.05, 0.1) is 17.8 Å². The maximum Gasteiger partial charge on any atom is 0.317 e. The van der Waals surface area contributed by atoms with E-state index in [9.17, 15) is 4.79 Å². The lowest BCUT2D eigenvalue weighted by Crippen LogP contribution is -2.31. The van der Waals surface area contributed by atoms with E-state index < -0.39 is 0 Å².